The smallest absolute Gasteiger partial charge is 0.264 e. The number of aryl methyl sites for hydroxylation is 1. The Labute approximate surface area is 164 Å². The molecule has 0 spiro atoms. The first-order valence-corrected chi connectivity index (χ1v) is 9.51. The number of amides is 1. The van der Waals surface area contributed by atoms with Crippen LogP contribution in [-0.2, 0) is 4.79 Å². The summed E-state index contributed by atoms with van der Waals surface area (Å²) >= 11 is 4.72. The highest BCUT2D eigenvalue weighted by Gasteiger charge is 2.12. The molecule has 2 aromatic carbocycles. The van der Waals surface area contributed by atoms with Gasteiger partial charge in [0.2, 0.25) is 0 Å². The summed E-state index contributed by atoms with van der Waals surface area (Å²) in [5, 5.41) is 5.17. The summed E-state index contributed by atoms with van der Waals surface area (Å²) in [4.78, 5) is 16.6. The summed E-state index contributed by atoms with van der Waals surface area (Å²) in [6.07, 6.45) is 0. The van der Waals surface area contributed by atoms with Gasteiger partial charge in [-0.2, -0.15) is 0 Å². The van der Waals surface area contributed by atoms with E-state index in [-0.39, 0.29) is 12.5 Å². The Morgan fingerprint density at radius 2 is 2.00 bits per heavy atom. The van der Waals surface area contributed by atoms with Gasteiger partial charge >= 0.3 is 0 Å². The molecule has 0 saturated heterocycles. The van der Waals surface area contributed by atoms with Gasteiger partial charge in [-0.15, -0.1) is 11.3 Å². The Hall–Kier alpha value is -2.38. The number of carbonyl (C=O) groups excluding carboxylic acids is 1. The van der Waals surface area contributed by atoms with E-state index in [2.05, 4.69) is 26.2 Å². The van der Waals surface area contributed by atoms with Crippen LogP contribution in [0.15, 0.2) is 52.3 Å². The minimum Gasteiger partial charge on any atom is -0.496 e. The molecule has 0 aliphatic heterocycles. The first-order valence-electron chi connectivity index (χ1n) is 7.84. The fourth-order valence-corrected chi connectivity index (χ4v) is 3.30. The van der Waals surface area contributed by atoms with Gasteiger partial charge in [0.05, 0.1) is 12.8 Å². The molecule has 7 heteroatoms. The Morgan fingerprint density at radius 1 is 1.23 bits per heavy atom. The molecule has 0 radical (unpaired) electrons. The number of thiazole rings is 1. The minimum atomic E-state index is -0.259. The lowest BCUT2D eigenvalue weighted by Crippen LogP contribution is -2.20. The van der Waals surface area contributed by atoms with Crippen LogP contribution in [0.3, 0.4) is 0 Å². The van der Waals surface area contributed by atoms with Crippen molar-refractivity contribution in [2.24, 2.45) is 0 Å². The van der Waals surface area contributed by atoms with Crippen molar-refractivity contribution in [3.05, 3.63) is 57.9 Å². The average molecular weight is 433 g/mol. The zero-order valence-corrected chi connectivity index (χ0v) is 16.7. The van der Waals surface area contributed by atoms with Gasteiger partial charge in [-0.3, -0.25) is 10.1 Å². The molecule has 0 aliphatic carbocycles. The molecule has 0 saturated carbocycles. The zero-order valence-electron chi connectivity index (χ0n) is 14.3. The molecular weight excluding hydrogens is 416 g/mol. The Kier molecular flexibility index (Phi) is 5.90. The SMILES string of the molecule is COc1ccc(C)cc1-c1csc(NC(=O)COc2ccc(Br)cc2)n1. The molecule has 3 aromatic rings. The topological polar surface area (TPSA) is 60.5 Å². The first kappa shape index (κ1) is 18.4. The molecule has 5 nitrogen and oxygen atoms in total. The third-order valence-corrected chi connectivity index (χ3v) is 4.85. The number of hydrogen-bond acceptors (Lipinski definition) is 5. The molecule has 0 unspecified atom stereocenters. The summed E-state index contributed by atoms with van der Waals surface area (Å²) in [7, 11) is 1.63. The van der Waals surface area contributed by atoms with Gasteiger partial charge in [0.25, 0.3) is 5.91 Å². The van der Waals surface area contributed by atoms with Gasteiger partial charge < -0.3 is 9.47 Å². The Bertz CT molecular complexity index is 909. The van der Waals surface area contributed by atoms with E-state index in [1.54, 1.807) is 19.2 Å². The van der Waals surface area contributed by atoms with Crippen molar-refractivity contribution >= 4 is 38.3 Å². The maximum absolute atomic E-state index is 12.1. The van der Waals surface area contributed by atoms with Gasteiger partial charge in [0.1, 0.15) is 11.5 Å². The molecule has 1 heterocycles. The summed E-state index contributed by atoms with van der Waals surface area (Å²) in [6.45, 7) is 1.93. The molecule has 1 N–H and O–H groups in total. The second-order valence-corrected chi connectivity index (χ2v) is 7.31. The van der Waals surface area contributed by atoms with Crippen LogP contribution < -0.4 is 14.8 Å². The number of benzene rings is 2. The fourth-order valence-electron chi connectivity index (χ4n) is 2.31. The number of rotatable bonds is 6. The van der Waals surface area contributed by atoms with Crippen molar-refractivity contribution in [2.45, 2.75) is 6.92 Å². The van der Waals surface area contributed by atoms with E-state index in [9.17, 15) is 4.79 Å². The second kappa shape index (κ2) is 8.33. The molecule has 134 valence electrons. The van der Waals surface area contributed by atoms with Crippen LogP contribution in [0.25, 0.3) is 11.3 Å². The molecule has 1 amide bonds. The van der Waals surface area contributed by atoms with E-state index >= 15 is 0 Å². The van der Waals surface area contributed by atoms with E-state index in [0.29, 0.717) is 10.9 Å². The molecular formula is C19H17BrN2O3S. The second-order valence-electron chi connectivity index (χ2n) is 5.53. The number of nitrogens with one attached hydrogen (secondary N) is 1. The normalized spacial score (nSPS) is 10.4. The lowest BCUT2D eigenvalue weighted by atomic mass is 10.1. The van der Waals surface area contributed by atoms with Crippen molar-refractivity contribution < 1.29 is 14.3 Å². The third-order valence-electron chi connectivity index (χ3n) is 3.57. The molecule has 26 heavy (non-hydrogen) atoms. The van der Waals surface area contributed by atoms with E-state index in [0.717, 1.165) is 27.0 Å². The zero-order chi connectivity index (χ0) is 18.5. The number of anilines is 1. The molecule has 0 bridgehead atoms. The number of hydrogen-bond donors (Lipinski definition) is 1. The van der Waals surface area contributed by atoms with E-state index in [4.69, 9.17) is 9.47 Å². The molecule has 0 atom stereocenters. The van der Waals surface area contributed by atoms with Gasteiger partial charge in [-0.05, 0) is 43.3 Å². The average Bonchev–Trinajstić information content (AvgIpc) is 3.09. The van der Waals surface area contributed by atoms with Crippen LogP contribution in [0.5, 0.6) is 11.5 Å². The van der Waals surface area contributed by atoms with Gasteiger partial charge in [0, 0.05) is 15.4 Å². The van der Waals surface area contributed by atoms with E-state index in [1.807, 2.05) is 42.6 Å². The summed E-state index contributed by atoms with van der Waals surface area (Å²) in [5.41, 5.74) is 2.78. The summed E-state index contributed by atoms with van der Waals surface area (Å²) < 4.78 is 11.8. The van der Waals surface area contributed by atoms with Crippen molar-refractivity contribution in [2.75, 3.05) is 19.0 Å². The first-order chi connectivity index (χ1) is 12.5. The van der Waals surface area contributed by atoms with Crippen molar-refractivity contribution in [1.82, 2.24) is 4.98 Å². The highest BCUT2D eigenvalue weighted by Crippen LogP contribution is 2.32. The van der Waals surface area contributed by atoms with Crippen LogP contribution in [0.1, 0.15) is 5.56 Å². The lowest BCUT2D eigenvalue weighted by molar-refractivity contribution is -0.118. The molecule has 0 aliphatic rings. The molecule has 0 fully saturated rings. The molecule has 3 rings (SSSR count). The maximum atomic E-state index is 12.1. The maximum Gasteiger partial charge on any atom is 0.264 e. The quantitative estimate of drug-likeness (QED) is 0.601. The highest BCUT2D eigenvalue weighted by atomic mass is 79.9. The number of methoxy groups -OCH3 is 1. The predicted octanol–water partition coefficient (Wildman–Crippen LogP) is 4.91. The third kappa shape index (κ3) is 4.62. The standard InChI is InChI=1S/C19H17BrN2O3S/c1-12-3-8-17(24-2)15(9-12)16-11-26-19(21-16)22-18(23)10-25-14-6-4-13(20)5-7-14/h3-9,11H,10H2,1-2H3,(H,21,22,23). The molecule has 1 aromatic heterocycles. The summed E-state index contributed by atoms with van der Waals surface area (Å²) in [5.74, 6) is 1.12. The Morgan fingerprint density at radius 3 is 2.73 bits per heavy atom. The monoisotopic (exact) mass is 432 g/mol. The van der Waals surface area contributed by atoms with Crippen molar-refractivity contribution in [3.63, 3.8) is 0 Å². The van der Waals surface area contributed by atoms with Gasteiger partial charge in [0.15, 0.2) is 11.7 Å². The van der Waals surface area contributed by atoms with Crippen LogP contribution in [0.2, 0.25) is 0 Å². The largest absolute Gasteiger partial charge is 0.496 e. The van der Waals surface area contributed by atoms with E-state index < -0.39 is 0 Å². The predicted molar refractivity (Wildman–Crippen MR) is 107 cm³/mol. The van der Waals surface area contributed by atoms with Crippen LogP contribution >= 0.6 is 27.3 Å². The van der Waals surface area contributed by atoms with Gasteiger partial charge in [-0.25, -0.2) is 4.98 Å². The lowest BCUT2D eigenvalue weighted by Gasteiger charge is -2.07. The van der Waals surface area contributed by atoms with E-state index in [1.165, 1.54) is 11.3 Å². The number of nitrogens with zero attached hydrogens (tertiary/aromatic N) is 1. The highest BCUT2D eigenvalue weighted by molar-refractivity contribution is 9.10. The van der Waals surface area contributed by atoms with Crippen molar-refractivity contribution in [1.29, 1.82) is 0 Å². The fraction of sp³-hybridized carbons (Fsp3) is 0.158. The Balaban J connectivity index is 1.64. The number of ether oxygens (including phenoxy) is 2. The number of aromatic nitrogens is 1. The number of halogens is 1. The van der Waals surface area contributed by atoms with Gasteiger partial charge in [-0.1, -0.05) is 27.6 Å². The van der Waals surface area contributed by atoms with Crippen LogP contribution in [-0.4, -0.2) is 24.6 Å². The van der Waals surface area contributed by atoms with Crippen LogP contribution in [0.4, 0.5) is 5.13 Å². The number of carbonyl (C=O) groups is 1. The summed E-state index contributed by atoms with van der Waals surface area (Å²) in [6, 6.07) is 13.2. The van der Waals surface area contributed by atoms with Crippen LogP contribution in [0, 0.1) is 6.92 Å². The van der Waals surface area contributed by atoms with Crippen molar-refractivity contribution in [3.8, 4) is 22.8 Å². The minimum absolute atomic E-state index is 0.0791.